The zero-order valence-corrected chi connectivity index (χ0v) is 20.6. The Balaban J connectivity index is 1.54. The van der Waals surface area contributed by atoms with Crippen LogP contribution < -0.4 is 15.9 Å². The van der Waals surface area contributed by atoms with E-state index in [4.69, 9.17) is 0 Å². The summed E-state index contributed by atoms with van der Waals surface area (Å²) in [6, 6.07) is 17.2. The highest BCUT2D eigenvalue weighted by Crippen LogP contribution is 2.32. The van der Waals surface area contributed by atoms with E-state index >= 15 is 0 Å². The Morgan fingerprint density at radius 2 is 1.47 bits per heavy atom. The number of aryl methyl sites for hydroxylation is 1. The number of halogens is 2. The van der Waals surface area contributed by atoms with Gasteiger partial charge in [-0.2, -0.15) is 5.26 Å². The fraction of sp³-hybridized carbons (Fsp3) is 0.222. The molecule has 1 fully saturated rings. The molecule has 0 unspecified atom stereocenters. The van der Waals surface area contributed by atoms with Crippen LogP contribution in [0.25, 0.3) is 11.0 Å². The average Bonchev–Trinajstić information content (AvgIpc) is 2.92. The molecule has 0 spiro atoms. The third-order valence-corrected chi connectivity index (χ3v) is 6.99. The third kappa shape index (κ3) is 4.65. The van der Waals surface area contributed by atoms with Crippen molar-refractivity contribution in [2.24, 2.45) is 7.05 Å². The second-order valence-electron chi connectivity index (χ2n) is 9.20. The molecule has 0 aliphatic carbocycles. The fourth-order valence-electron chi connectivity index (χ4n) is 5.14. The molecule has 0 atom stereocenters. The highest BCUT2D eigenvalue weighted by molar-refractivity contribution is 6.61. The molecule has 5 rings (SSSR count). The molecule has 0 saturated carbocycles. The van der Waals surface area contributed by atoms with Crippen LogP contribution in [0.3, 0.4) is 0 Å². The van der Waals surface area contributed by atoms with E-state index in [0.29, 0.717) is 37.2 Å². The van der Waals surface area contributed by atoms with Crippen molar-refractivity contribution >= 4 is 29.3 Å². The Hall–Kier alpha value is -4.11. The highest BCUT2D eigenvalue weighted by atomic mass is 19.1. The monoisotopic (exact) mass is 515 g/mol. The largest absolute Gasteiger partial charge is 0.496 e. The topological polar surface area (TPSA) is 106 Å². The summed E-state index contributed by atoms with van der Waals surface area (Å²) in [6.07, 6.45) is 0. The van der Waals surface area contributed by atoms with Crippen molar-refractivity contribution in [3.8, 4) is 6.07 Å². The lowest BCUT2D eigenvalue weighted by molar-refractivity contribution is 0.212. The summed E-state index contributed by atoms with van der Waals surface area (Å²) in [5.41, 5.74) is 2.14. The molecule has 2 aromatic carbocycles. The maximum Gasteiger partial charge on any atom is 0.496 e. The number of hydrogen-bond donors (Lipinski definition) is 2. The standard InChI is InChI=1S/C27H24BF2N5O3/c1-33-22-11-10-21(16-31)32-24(22)26(23(27(33)36)28(37)38)35-14-12-34(13-15-35)25(17-2-6-19(29)7-3-17)18-4-8-20(30)9-5-18/h2-11,25,37-38H,12-15H2,1H3. The number of nitriles is 1. The van der Waals surface area contributed by atoms with Crippen LogP contribution in [-0.2, 0) is 7.05 Å². The van der Waals surface area contributed by atoms with Crippen molar-refractivity contribution in [3.63, 3.8) is 0 Å². The van der Waals surface area contributed by atoms with Crippen LogP contribution in [-0.4, -0.2) is 57.8 Å². The molecule has 0 radical (unpaired) electrons. The van der Waals surface area contributed by atoms with Crippen molar-refractivity contribution in [1.82, 2.24) is 14.5 Å². The van der Waals surface area contributed by atoms with E-state index in [1.54, 1.807) is 30.3 Å². The summed E-state index contributed by atoms with van der Waals surface area (Å²) < 4.78 is 28.6. The van der Waals surface area contributed by atoms with E-state index in [0.717, 1.165) is 11.1 Å². The van der Waals surface area contributed by atoms with E-state index in [2.05, 4.69) is 9.88 Å². The molecule has 1 aliphatic rings. The lowest BCUT2D eigenvalue weighted by Gasteiger charge is -2.41. The number of piperazine rings is 1. The van der Waals surface area contributed by atoms with Gasteiger partial charge in [-0.25, -0.2) is 13.8 Å². The summed E-state index contributed by atoms with van der Waals surface area (Å²) in [5, 5.41) is 29.7. The van der Waals surface area contributed by atoms with Gasteiger partial charge in [0.15, 0.2) is 0 Å². The Kier molecular flexibility index (Phi) is 6.95. The molecule has 8 nitrogen and oxygen atoms in total. The third-order valence-electron chi connectivity index (χ3n) is 6.99. The van der Waals surface area contributed by atoms with E-state index < -0.39 is 12.7 Å². The van der Waals surface area contributed by atoms with E-state index in [1.165, 1.54) is 41.9 Å². The predicted octanol–water partition coefficient (Wildman–Crippen LogP) is 1.67. The smallest absolute Gasteiger partial charge is 0.423 e. The van der Waals surface area contributed by atoms with Crippen LogP contribution in [0.5, 0.6) is 0 Å². The fourth-order valence-corrected chi connectivity index (χ4v) is 5.14. The number of aromatic nitrogens is 2. The van der Waals surface area contributed by atoms with Gasteiger partial charge in [-0.3, -0.25) is 9.69 Å². The first-order valence-corrected chi connectivity index (χ1v) is 12.1. The van der Waals surface area contributed by atoms with Crippen molar-refractivity contribution in [1.29, 1.82) is 5.26 Å². The zero-order valence-electron chi connectivity index (χ0n) is 20.6. The van der Waals surface area contributed by atoms with Crippen molar-refractivity contribution in [2.75, 3.05) is 31.1 Å². The molecule has 11 heteroatoms. The lowest BCUT2D eigenvalue weighted by atomic mass is 9.78. The summed E-state index contributed by atoms with van der Waals surface area (Å²) in [7, 11) is -0.521. The number of benzene rings is 2. The molecule has 2 aromatic heterocycles. The van der Waals surface area contributed by atoms with Crippen LogP contribution in [0.4, 0.5) is 14.5 Å². The van der Waals surface area contributed by atoms with Gasteiger partial charge in [-0.1, -0.05) is 24.3 Å². The molecule has 1 aliphatic heterocycles. The van der Waals surface area contributed by atoms with Gasteiger partial charge in [0.2, 0.25) is 0 Å². The zero-order chi connectivity index (χ0) is 27.0. The minimum atomic E-state index is -2.04. The molecule has 192 valence electrons. The number of nitrogens with zero attached hydrogens (tertiary/aromatic N) is 5. The molecule has 0 bridgehead atoms. The molecule has 38 heavy (non-hydrogen) atoms. The van der Waals surface area contributed by atoms with Crippen molar-refractivity contribution in [3.05, 3.63) is 99.5 Å². The maximum absolute atomic E-state index is 13.7. The quantitative estimate of drug-likeness (QED) is 0.390. The first-order valence-electron chi connectivity index (χ1n) is 12.1. The minimum Gasteiger partial charge on any atom is -0.423 e. The number of pyridine rings is 2. The first-order chi connectivity index (χ1) is 18.3. The minimum absolute atomic E-state index is 0.141. The average molecular weight is 515 g/mol. The van der Waals surface area contributed by atoms with Crippen LogP contribution >= 0.6 is 0 Å². The molecule has 3 heterocycles. The Morgan fingerprint density at radius 1 is 0.921 bits per heavy atom. The van der Waals surface area contributed by atoms with Crippen LogP contribution in [0.15, 0.2) is 65.5 Å². The van der Waals surface area contributed by atoms with Crippen LogP contribution in [0, 0.1) is 23.0 Å². The van der Waals surface area contributed by atoms with Crippen molar-refractivity contribution in [2.45, 2.75) is 6.04 Å². The van der Waals surface area contributed by atoms with Gasteiger partial charge in [-0.15, -0.1) is 0 Å². The molecule has 0 amide bonds. The molecule has 1 saturated heterocycles. The number of anilines is 1. The lowest BCUT2D eigenvalue weighted by Crippen LogP contribution is -2.54. The summed E-state index contributed by atoms with van der Waals surface area (Å²) in [5.74, 6) is -0.707. The van der Waals surface area contributed by atoms with Crippen molar-refractivity contribution < 1.29 is 18.8 Å². The second-order valence-corrected chi connectivity index (χ2v) is 9.20. The summed E-state index contributed by atoms with van der Waals surface area (Å²) in [4.78, 5) is 21.5. The van der Waals surface area contributed by atoms with Gasteiger partial charge < -0.3 is 19.5 Å². The van der Waals surface area contributed by atoms with E-state index in [-0.39, 0.29) is 34.5 Å². The molecular weight excluding hydrogens is 491 g/mol. The Labute approximate surface area is 217 Å². The second kappa shape index (κ2) is 10.3. The Bertz CT molecular complexity index is 1530. The van der Waals surface area contributed by atoms with E-state index in [9.17, 15) is 28.9 Å². The number of fused-ring (bicyclic) bond motifs is 1. The van der Waals surface area contributed by atoms with Gasteiger partial charge in [0.1, 0.15) is 28.9 Å². The summed E-state index contributed by atoms with van der Waals surface area (Å²) >= 11 is 0. The van der Waals surface area contributed by atoms with Crippen LogP contribution in [0.2, 0.25) is 0 Å². The van der Waals surface area contributed by atoms with Gasteiger partial charge in [0.25, 0.3) is 5.56 Å². The predicted molar refractivity (Wildman–Crippen MR) is 140 cm³/mol. The van der Waals surface area contributed by atoms with E-state index in [1.807, 2.05) is 11.0 Å². The number of hydrogen-bond acceptors (Lipinski definition) is 7. The van der Waals surface area contributed by atoms with Gasteiger partial charge in [0, 0.05) is 33.2 Å². The SMILES string of the molecule is Cn1c(=O)c(B(O)O)c(N2CCN(C(c3ccc(F)cc3)c3ccc(F)cc3)CC2)c2nc(C#N)ccc21. The normalized spacial score (nSPS) is 14.2. The number of rotatable bonds is 5. The van der Waals surface area contributed by atoms with Gasteiger partial charge in [0.05, 0.1) is 22.7 Å². The van der Waals surface area contributed by atoms with Crippen LogP contribution in [0.1, 0.15) is 22.9 Å². The maximum atomic E-state index is 13.7. The van der Waals surface area contributed by atoms with Gasteiger partial charge in [-0.05, 0) is 47.5 Å². The summed E-state index contributed by atoms with van der Waals surface area (Å²) in [6.45, 7) is 1.79. The molecular formula is C27H24BF2N5O3. The Morgan fingerprint density at radius 3 is 1.97 bits per heavy atom. The molecule has 4 aromatic rings. The van der Waals surface area contributed by atoms with Gasteiger partial charge >= 0.3 is 7.12 Å². The molecule has 2 N–H and O–H groups in total. The highest BCUT2D eigenvalue weighted by Gasteiger charge is 2.32. The first kappa shape index (κ1) is 25.5.